The number of benzene rings is 1. The standard InChI is InChI=1S/C14H20N2O3S/c1-3-5-13-6-4-11-16(13)20(17,18)15-12-7-9-14(19-2)10-8-12/h3,7-10,13,15H,1,4-6,11H2,2H3. The molecule has 0 saturated carbocycles. The number of anilines is 1. The molecule has 1 aromatic rings. The van der Waals surface area contributed by atoms with E-state index in [1.165, 1.54) is 4.31 Å². The Balaban J connectivity index is 2.11. The van der Waals surface area contributed by atoms with Crippen LogP contribution in [0.4, 0.5) is 5.69 Å². The van der Waals surface area contributed by atoms with Crippen molar-refractivity contribution in [3.8, 4) is 5.75 Å². The molecule has 0 aromatic heterocycles. The van der Waals surface area contributed by atoms with Gasteiger partial charge in [-0.3, -0.25) is 4.72 Å². The minimum absolute atomic E-state index is 0.0169. The van der Waals surface area contributed by atoms with E-state index in [1.54, 1.807) is 37.5 Å². The Kier molecular flexibility index (Phi) is 4.67. The number of rotatable bonds is 6. The highest BCUT2D eigenvalue weighted by molar-refractivity contribution is 7.90. The minimum Gasteiger partial charge on any atom is -0.497 e. The quantitative estimate of drug-likeness (QED) is 0.820. The van der Waals surface area contributed by atoms with Crippen molar-refractivity contribution in [2.24, 2.45) is 0 Å². The molecule has 1 N–H and O–H groups in total. The maximum absolute atomic E-state index is 12.4. The Morgan fingerprint density at radius 1 is 1.45 bits per heavy atom. The van der Waals surface area contributed by atoms with Gasteiger partial charge < -0.3 is 4.74 Å². The van der Waals surface area contributed by atoms with Crippen LogP contribution in [0.1, 0.15) is 19.3 Å². The molecule has 1 aromatic carbocycles. The molecule has 0 spiro atoms. The van der Waals surface area contributed by atoms with E-state index in [0.29, 0.717) is 24.4 Å². The summed E-state index contributed by atoms with van der Waals surface area (Å²) in [5.74, 6) is 0.693. The summed E-state index contributed by atoms with van der Waals surface area (Å²) in [5, 5.41) is 0. The molecule has 2 rings (SSSR count). The SMILES string of the molecule is C=CCC1CCCN1S(=O)(=O)Nc1ccc(OC)cc1. The van der Waals surface area contributed by atoms with Gasteiger partial charge in [0.05, 0.1) is 12.8 Å². The molecule has 1 aliphatic rings. The number of nitrogens with zero attached hydrogens (tertiary/aromatic N) is 1. The van der Waals surface area contributed by atoms with Crippen LogP contribution in [-0.4, -0.2) is 32.4 Å². The van der Waals surface area contributed by atoms with Gasteiger partial charge in [-0.25, -0.2) is 0 Å². The molecule has 0 radical (unpaired) electrons. The van der Waals surface area contributed by atoms with Crippen molar-refractivity contribution in [2.45, 2.75) is 25.3 Å². The summed E-state index contributed by atoms with van der Waals surface area (Å²) in [6.07, 6.45) is 4.23. The van der Waals surface area contributed by atoms with Gasteiger partial charge in [0.25, 0.3) is 0 Å². The summed E-state index contributed by atoms with van der Waals surface area (Å²) in [4.78, 5) is 0. The summed E-state index contributed by atoms with van der Waals surface area (Å²) >= 11 is 0. The van der Waals surface area contributed by atoms with Crippen LogP contribution in [0.2, 0.25) is 0 Å². The van der Waals surface area contributed by atoms with Crippen LogP contribution < -0.4 is 9.46 Å². The topological polar surface area (TPSA) is 58.6 Å². The summed E-state index contributed by atoms with van der Waals surface area (Å²) < 4.78 is 34.0. The van der Waals surface area contributed by atoms with E-state index in [9.17, 15) is 8.42 Å². The first-order valence-corrected chi connectivity index (χ1v) is 8.05. The zero-order chi connectivity index (χ0) is 14.6. The van der Waals surface area contributed by atoms with Crippen molar-refractivity contribution in [1.82, 2.24) is 4.31 Å². The van der Waals surface area contributed by atoms with Crippen LogP contribution in [0.5, 0.6) is 5.75 Å². The lowest BCUT2D eigenvalue weighted by atomic mass is 10.2. The van der Waals surface area contributed by atoms with E-state index in [0.717, 1.165) is 12.8 Å². The van der Waals surface area contributed by atoms with Crippen molar-refractivity contribution in [2.75, 3.05) is 18.4 Å². The molecule has 1 heterocycles. The van der Waals surface area contributed by atoms with Crippen LogP contribution in [-0.2, 0) is 10.2 Å². The number of hydrogen-bond acceptors (Lipinski definition) is 3. The van der Waals surface area contributed by atoms with Crippen LogP contribution >= 0.6 is 0 Å². The Morgan fingerprint density at radius 3 is 2.75 bits per heavy atom. The van der Waals surface area contributed by atoms with Crippen LogP contribution in [0, 0.1) is 0 Å². The van der Waals surface area contributed by atoms with Gasteiger partial charge in [0.1, 0.15) is 5.75 Å². The Morgan fingerprint density at radius 2 is 2.15 bits per heavy atom. The fourth-order valence-corrected chi connectivity index (χ4v) is 3.92. The molecule has 20 heavy (non-hydrogen) atoms. The second kappa shape index (κ2) is 6.28. The smallest absolute Gasteiger partial charge is 0.301 e. The van der Waals surface area contributed by atoms with E-state index < -0.39 is 10.2 Å². The molecule has 1 saturated heterocycles. The first-order valence-electron chi connectivity index (χ1n) is 6.61. The van der Waals surface area contributed by atoms with Gasteiger partial charge >= 0.3 is 10.2 Å². The third kappa shape index (κ3) is 3.32. The van der Waals surface area contributed by atoms with E-state index in [2.05, 4.69) is 11.3 Å². The van der Waals surface area contributed by atoms with Crippen LogP contribution in [0.3, 0.4) is 0 Å². The molecule has 1 unspecified atom stereocenters. The second-order valence-electron chi connectivity index (χ2n) is 4.77. The number of ether oxygens (including phenoxy) is 1. The first kappa shape index (κ1) is 14.9. The van der Waals surface area contributed by atoms with Crippen LogP contribution in [0.15, 0.2) is 36.9 Å². The third-order valence-corrected chi connectivity index (χ3v) is 5.00. The molecule has 0 aliphatic carbocycles. The molecule has 5 nitrogen and oxygen atoms in total. The largest absolute Gasteiger partial charge is 0.497 e. The van der Waals surface area contributed by atoms with Gasteiger partial charge in [-0.15, -0.1) is 6.58 Å². The van der Waals surface area contributed by atoms with Gasteiger partial charge in [-0.2, -0.15) is 12.7 Å². The number of nitrogens with one attached hydrogen (secondary N) is 1. The van der Waals surface area contributed by atoms with Crippen molar-refractivity contribution in [1.29, 1.82) is 0 Å². The Hall–Kier alpha value is -1.53. The van der Waals surface area contributed by atoms with Gasteiger partial charge in [-0.1, -0.05) is 6.08 Å². The normalized spacial score (nSPS) is 19.8. The fourth-order valence-electron chi connectivity index (χ4n) is 2.42. The monoisotopic (exact) mass is 296 g/mol. The lowest BCUT2D eigenvalue weighted by molar-refractivity contribution is 0.393. The maximum atomic E-state index is 12.4. The summed E-state index contributed by atoms with van der Waals surface area (Å²) in [6.45, 7) is 4.25. The summed E-state index contributed by atoms with van der Waals surface area (Å²) in [6, 6.07) is 6.85. The fraction of sp³-hybridized carbons (Fsp3) is 0.429. The van der Waals surface area contributed by atoms with E-state index >= 15 is 0 Å². The van der Waals surface area contributed by atoms with Crippen LogP contribution in [0.25, 0.3) is 0 Å². The Labute approximate surface area is 120 Å². The van der Waals surface area contributed by atoms with Crippen molar-refractivity contribution in [3.05, 3.63) is 36.9 Å². The van der Waals surface area contributed by atoms with E-state index in [-0.39, 0.29) is 6.04 Å². The van der Waals surface area contributed by atoms with Crippen molar-refractivity contribution in [3.63, 3.8) is 0 Å². The molecule has 1 fully saturated rings. The molecule has 6 heteroatoms. The second-order valence-corrected chi connectivity index (χ2v) is 6.39. The predicted molar refractivity (Wildman–Crippen MR) is 80.1 cm³/mol. The average Bonchev–Trinajstić information content (AvgIpc) is 2.89. The van der Waals surface area contributed by atoms with E-state index in [1.807, 2.05) is 0 Å². The first-order chi connectivity index (χ1) is 9.56. The maximum Gasteiger partial charge on any atom is 0.301 e. The molecular formula is C14H20N2O3S. The average molecular weight is 296 g/mol. The molecular weight excluding hydrogens is 276 g/mol. The summed E-state index contributed by atoms with van der Waals surface area (Å²) in [5.41, 5.74) is 0.537. The summed E-state index contributed by atoms with van der Waals surface area (Å²) in [7, 11) is -1.94. The highest BCUT2D eigenvalue weighted by Crippen LogP contribution is 2.25. The molecule has 0 bridgehead atoms. The van der Waals surface area contributed by atoms with Gasteiger partial charge in [0.15, 0.2) is 0 Å². The predicted octanol–water partition coefficient (Wildman–Crippen LogP) is 2.39. The van der Waals surface area contributed by atoms with Gasteiger partial charge in [0.2, 0.25) is 0 Å². The number of methoxy groups -OCH3 is 1. The Bertz CT molecular complexity index is 554. The highest BCUT2D eigenvalue weighted by Gasteiger charge is 2.33. The third-order valence-electron chi connectivity index (χ3n) is 3.41. The molecule has 0 amide bonds. The molecule has 1 aliphatic heterocycles. The number of hydrogen-bond donors (Lipinski definition) is 1. The lowest BCUT2D eigenvalue weighted by Crippen LogP contribution is -2.39. The van der Waals surface area contributed by atoms with E-state index in [4.69, 9.17) is 4.74 Å². The molecule has 1 atom stereocenters. The lowest BCUT2D eigenvalue weighted by Gasteiger charge is -2.23. The van der Waals surface area contributed by atoms with Gasteiger partial charge in [-0.05, 0) is 43.5 Å². The zero-order valence-electron chi connectivity index (χ0n) is 11.6. The van der Waals surface area contributed by atoms with Gasteiger partial charge in [0, 0.05) is 12.6 Å². The van der Waals surface area contributed by atoms with Crippen molar-refractivity contribution < 1.29 is 13.2 Å². The minimum atomic E-state index is -3.51. The van der Waals surface area contributed by atoms with Crippen molar-refractivity contribution >= 4 is 15.9 Å². The zero-order valence-corrected chi connectivity index (χ0v) is 12.4. The highest BCUT2D eigenvalue weighted by atomic mass is 32.2. The molecule has 110 valence electrons.